The quantitative estimate of drug-likeness (QED) is 0.0204. The SMILES string of the molecule is CC/C=C\C/C=C\C/C=C\C/C=C\C/C=C\C/C=C\C/C=C\C/C=C\CCCCCCCCCCCCCCCCCCC(=O)NC(COC1OC(CO)C(OC2OC(CO)C(O)C(O)C2O)C(O)C1O)C(O)CCCCCCCCCCCC. The third-order valence-corrected chi connectivity index (χ3v) is 16.1. The highest BCUT2D eigenvalue weighted by atomic mass is 16.7. The van der Waals surface area contributed by atoms with Gasteiger partial charge in [0.2, 0.25) is 5.91 Å². The van der Waals surface area contributed by atoms with Crippen LogP contribution >= 0.6 is 0 Å². The molecule has 0 radical (unpaired) electrons. The maximum absolute atomic E-state index is 13.3. The Labute approximate surface area is 515 Å². The summed E-state index contributed by atoms with van der Waals surface area (Å²) in [6.45, 7) is 2.72. The maximum atomic E-state index is 13.3. The summed E-state index contributed by atoms with van der Waals surface area (Å²) in [6.07, 6.45) is 60.2. The lowest BCUT2D eigenvalue weighted by Crippen LogP contribution is -2.65. The van der Waals surface area contributed by atoms with E-state index in [9.17, 15) is 45.6 Å². The van der Waals surface area contributed by atoms with Gasteiger partial charge in [-0.1, -0.05) is 265 Å². The highest BCUT2D eigenvalue weighted by Crippen LogP contribution is 2.30. The highest BCUT2D eigenvalue weighted by molar-refractivity contribution is 5.76. The maximum Gasteiger partial charge on any atom is 0.220 e. The third-order valence-electron chi connectivity index (χ3n) is 16.1. The largest absolute Gasteiger partial charge is 0.394 e. The fraction of sp³-hybridized carbons (Fsp3) is 0.761. The topological polar surface area (TPSA) is 228 Å². The van der Waals surface area contributed by atoms with Crippen molar-refractivity contribution in [2.24, 2.45) is 0 Å². The second-order valence-electron chi connectivity index (χ2n) is 23.6. The zero-order valence-electron chi connectivity index (χ0n) is 53.1. The first-order valence-corrected chi connectivity index (χ1v) is 34.0. The number of aliphatic hydroxyl groups is 8. The summed E-state index contributed by atoms with van der Waals surface area (Å²) in [6, 6.07) is -0.830. The molecule has 0 bridgehead atoms. The average Bonchev–Trinajstić information content (AvgIpc) is 2.93. The first-order chi connectivity index (χ1) is 41.6. The van der Waals surface area contributed by atoms with Crippen molar-refractivity contribution in [2.75, 3.05) is 19.8 Å². The molecule has 0 spiro atoms. The Balaban J connectivity index is 1.54. The molecule has 0 aliphatic carbocycles. The van der Waals surface area contributed by atoms with Gasteiger partial charge in [-0.3, -0.25) is 4.79 Å². The van der Waals surface area contributed by atoms with Crippen molar-refractivity contribution in [3.63, 3.8) is 0 Å². The second kappa shape index (κ2) is 55.0. The molecule has 0 saturated carbocycles. The smallest absolute Gasteiger partial charge is 0.220 e. The molecule has 0 aromatic heterocycles. The van der Waals surface area contributed by atoms with Crippen molar-refractivity contribution in [1.82, 2.24) is 5.32 Å². The molecular weight excluding hydrogens is 1070 g/mol. The van der Waals surface area contributed by atoms with Gasteiger partial charge in [-0.25, -0.2) is 0 Å². The van der Waals surface area contributed by atoms with Gasteiger partial charge in [0.05, 0.1) is 32.0 Å². The Bertz CT molecular complexity index is 1800. The number of carbonyl (C=O) groups is 1. The Morgan fingerprint density at radius 2 is 0.812 bits per heavy atom. The summed E-state index contributed by atoms with van der Waals surface area (Å²) in [5.74, 6) is -0.210. The predicted octanol–water partition coefficient (Wildman–Crippen LogP) is 13.4. The van der Waals surface area contributed by atoms with Crippen molar-refractivity contribution in [3.05, 3.63) is 97.2 Å². The molecule has 12 unspecified atom stereocenters. The van der Waals surface area contributed by atoms with E-state index in [1.807, 2.05) is 0 Å². The molecule has 12 atom stereocenters. The first-order valence-electron chi connectivity index (χ1n) is 34.0. The lowest BCUT2D eigenvalue weighted by Gasteiger charge is -2.46. The van der Waals surface area contributed by atoms with E-state index in [1.165, 1.54) is 122 Å². The van der Waals surface area contributed by atoms with Crippen LogP contribution in [0.5, 0.6) is 0 Å². The van der Waals surface area contributed by atoms with Gasteiger partial charge in [-0.2, -0.15) is 0 Å². The van der Waals surface area contributed by atoms with Gasteiger partial charge in [-0.05, 0) is 77.0 Å². The molecule has 2 saturated heterocycles. The van der Waals surface area contributed by atoms with Gasteiger partial charge in [-0.15, -0.1) is 0 Å². The minimum absolute atomic E-state index is 0.210. The van der Waals surface area contributed by atoms with Gasteiger partial charge in [0.25, 0.3) is 0 Å². The zero-order valence-corrected chi connectivity index (χ0v) is 53.1. The fourth-order valence-electron chi connectivity index (χ4n) is 10.7. The number of ether oxygens (including phenoxy) is 4. The van der Waals surface area contributed by atoms with Crippen molar-refractivity contribution in [2.45, 2.75) is 325 Å². The van der Waals surface area contributed by atoms with Crippen LogP contribution in [0.15, 0.2) is 97.2 Å². The number of nitrogens with one attached hydrogen (secondary N) is 1. The molecule has 14 nitrogen and oxygen atoms in total. The van der Waals surface area contributed by atoms with E-state index in [1.54, 1.807) is 0 Å². The van der Waals surface area contributed by atoms with Crippen LogP contribution in [-0.4, -0.2) is 140 Å². The van der Waals surface area contributed by atoms with Crippen molar-refractivity contribution in [3.8, 4) is 0 Å². The van der Waals surface area contributed by atoms with Crippen LogP contribution in [0.1, 0.15) is 251 Å². The summed E-state index contributed by atoms with van der Waals surface area (Å²) in [4.78, 5) is 13.3. The molecule has 2 heterocycles. The average molecular weight is 1200 g/mol. The van der Waals surface area contributed by atoms with Gasteiger partial charge in [0.15, 0.2) is 12.6 Å². The van der Waals surface area contributed by atoms with E-state index >= 15 is 0 Å². The summed E-state index contributed by atoms with van der Waals surface area (Å²) in [7, 11) is 0. The van der Waals surface area contributed by atoms with Crippen LogP contribution in [0.4, 0.5) is 0 Å². The van der Waals surface area contributed by atoms with Crippen molar-refractivity contribution >= 4 is 5.91 Å². The molecule has 1 amide bonds. The van der Waals surface area contributed by atoms with Crippen LogP contribution in [-0.2, 0) is 23.7 Å². The summed E-state index contributed by atoms with van der Waals surface area (Å²) >= 11 is 0. The van der Waals surface area contributed by atoms with E-state index in [-0.39, 0.29) is 12.5 Å². The molecule has 85 heavy (non-hydrogen) atoms. The Kier molecular flexibility index (Phi) is 50.5. The van der Waals surface area contributed by atoms with Gasteiger partial charge in [0, 0.05) is 6.42 Å². The minimum atomic E-state index is -1.78. The monoisotopic (exact) mass is 1200 g/mol. The predicted molar refractivity (Wildman–Crippen MR) is 346 cm³/mol. The number of unbranched alkanes of at least 4 members (excludes halogenated alkanes) is 25. The number of amides is 1. The number of rotatable bonds is 54. The molecule has 9 N–H and O–H groups in total. The summed E-state index contributed by atoms with van der Waals surface area (Å²) in [5, 5.41) is 87.2. The normalized spacial score (nSPS) is 24.2. The number of hydrogen-bond donors (Lipinski definition) is 9. The Morgan fingerprint density at radius 1 is 0.435 bits per heavy atom. The molecule has 0 aromatic rings. The second-order valence-corrected chi connectivity index (χ2v) is 23.6. The molecule has 2 rings (SSSR count). The lowest BCUT2D eigenvalue weighted by atomic mass is 9.97. The summed E-state index contributed by atoms with van der Waals surface area (Å²) < 4.78 is 22.8. The first kappa shape index (κ1) is 78.0. The highest BCUT2D eigenvalue weighted by Gasteiger charge is 2.51. The van der Waals surface area contributed by atoms with Crippen LogP contribution in [0.2, 0.25) is 0 Å². The third kappa shape index (κ3) is 39.5. The van der Waals surface area contributed by atoms with E-state index in [0.717, 1.165) is 103 Å². The van der Waals surface area contributed by atoms with Crippen molar-refractivity contribution in [1.29, 1.82) is 0 Å². The molecule has 2 aliphatic heterocycles. The molecular formula is C71H123NO13. The minimum Gasteiger partial charge on any atom is -0.394 e. The van der Waals surface area contributed by atoms with E-state index in [2.05, 4.69) is 116 Å². The molecule has 0 aromatic carbocycles. The van der Waals surface area contributed by atoms with Gasteiger partial charge in [0.1, 0.15) is 48.8 Å². The van der Waals surface area contributed by atoms with E-state index in [4.69, 9.17) is 18.9 Å². The van der Waals surface area contributed by atoms with Gasteiger partial charge >= 0.3 is 0 Å². The molecule has 2 fully saturated rings. The zero-order chi connectivity index (χ0) is 61.6. The lowest BCUT2D eigenvalue weighted by molar-refractivity contribution is -0.359. The molecule has 2 aliphatic rings. The number of hydrogen-bond acceptors (Lipinski definition) is 13. The Hall–Kier alpha value is -3.09. The fourth-order valence-corrected chi connectivity index (χ4v) is 10.7. The van der Waals surface area contributed by atoms with Crippen LogP contribution in [0.3, 0.4) is 0 Å². The van der Waals surface area contributed by atoms with Gasteiger partial charge < -0.3 is 65.1 Å². The van der Waals surface area contributed by atoms with Crippen LogP contribution in [0.25, 0.3) is 0 Å². The van der Waals surface area contributed by atoms with Crippen molar-refractivity contribution < 1.29 is 64.6 Å². The molecule has 490 valence electrons. The van der Waals surface area contributed by atoms with Crippen LogP contribution in [0, 0.1) is 0 Å². The Morgan fingerprint density at radius 3 is 1.25 bits per heavy atom. The standard InChI is InChI=1S/C71H123NO13/c1-3-5-7-9-11-13-15-16-17-18-19-20-21-22-23-24-25-26-27-28-29-30-31-32-33-34-35-36-37-38-39-40-41-42-43-44-45-47-49-51-53-55-63(76)72-59(60(75)54-52-50-48-46-14-12-10-8-6-4-2)58-82-70-68(81)66(79)69(62(57-74)84-70)85-71-67(80)65(78)64(77)61(56-73)83-71/h5,7,11,13,16-17,19-20,22-23,25-26,28-29,31-32,59-62,64-71,73-75,77-81H,3-4,6,8-10,12,14-15,18,21,24,27,30,33-58H2,1-2H3,(H,72,76)/b7-5-,13-11-,17-16-,20-19-,23-22-,26-25-,29-28-,32-31-. The van der Waals surface area contributed by atoms with E-state index < -0.39 is 86.8 Å². The summed E-state index contributed by atoms with van der Waals surface area (Å²) in [5.41, 5.74) is 0. The molecule has 14 heteroatoms. The number of carbonyl (C=O) groups excluding carboxylic acids is 1. The number of aliphatic hydroxyl groups excluding tert-OH is 8. The van der Waals surface area contributed by atoms with E-state index in [0.29, 0.717) is 12.8 Å². The van der Waals surface area contributed by atoms with Crippen LogP contribution < -0.4 is 5.32 Å². The number of allylic oxidation sites excluding steroid dienone is 16.